The number of hydrogen-bond donors (Lipinski definition) is 1. The molecule has 72 valence electrons. The molecule has 0 fully saturated rings. The number of aromatic nitrogens is 4. The lowest BCUT2D eigenvalue weighted by molar-refractivity contribution is 0.770. The van der Waals surface area contributed by atoms with Gasteiger partial charge in [-0.25, -0.2) is 9.97 Å². The molecular formula is C9H11N5. The molecule has 1 N–H and O–H groups in total. The van der Waals surface area contributed by atoms with Crippen LogP contribution in [0.15, 0.2) is 24.7 Å². The Kier molecular flexibility index (Phi) is 2.14. The number of aryl methyl sites for hydroxylation is 1. The first kappa shape index (κ1) is 8.68. The molecule has 0 spiro atoms. The first-order valence-corrected chi connectivity index (χ1v) is 4.29. The van der Waals surface area contributed by atoms with Gasteiger partial charge in [0.2, 0.25) is 0 Å². The van der Waals surface area contributed by atoms with Crippen LogP contribution in [0.5, 0.6) is 0 Å². The van der Waals surface area contributed by atoms with Gasteiger partial charge in [-0.2, -0.15) is 5.10 Å². The van der Waals surface area contributed by atoms with Crippen LogP contribution in [-0.4, -0.2) is 26.8 Å². The summed E-state index contributed by atoms with van der Waals surface area (Å²) < 4.78 is 1.75. The Morgan fingerprint density at radius 2 is 2.14 bits per heavy atom. The molecule has 0 atom stereocenters. The summed E-state index contributed by atoms with van der Waals surface area (Å²) in [6.45, 7) is 0. The highest BCUT2D eigenvalue weighted by molar-refractivity contribution is 5.57. The van der Waals surface area contributed by atoms with E-state index in [1.807, 2.05) is 32.4 Å². The van der Waals surface area contributed by atoms with Crippen LogP contribution in [0.2, 0.25) is 0 Å². The average Bonchev–Trinajstić information content (AvgIpc) is 2.65. The number of nitrogens with zero attached hydrogens (tertiary/aromatic N) is 4. The molecule has 0 amide bonds. The van der Waals surface area contributed by atoms with Gasteiger partial charge in [0, 0.05) is 26.4 Å². The van der Waals surface area contributed by atoms with E-state index in [2.05, 4.69) is 20.4 Å². The van der Waals surface area contributed by atoms with Crippen LogP contribution in [0.4, 0.5) is 5.82 Å². The Bertz CT molecular complexity index is 434. The first-order valence-electron chi connectivity index (χ1n) is 4.29. The van der Waals surface area contributed by atoms with Gasteiger partial charge in [-0.05, 0) is 6.07 Å². The Morgan fingerprint density at radius 1 is 1.29 bits per heavy atom. The van der Waals surface area contributed by atoms with E-state index in [0.29, 0.717) is 0 Å². The molecular weight excluding hydrogens is 178 g/mol. The minimum atomic E-state index is 0.792. The van der Waals surface area contributed by atoms with E-state index in [1.54, 1.807) is 4.68 Å². The van der Waals surface area contributed by atoms with Crippen LogP contribution in [-0.2, 0) is 7.05 Å². The van der Waals surface area contributed by atoms with Crippen molar-refractivity contribution < 1.29 is 0 Å². The highest BCUT2D eigenvalue weighted by atomic mass is 15.2. The number of nitrogens with one attached hydrogen (secondary N) is 1. The summed E-state index contributed by atoms with van der Waals surface area (Å²) in [5.41, 5.74) is 1.68. The second-order valence-corrected chi connectivity index (χ2v) is 2.91. The van der Waals surface area contributed by atoms with E-state index < -0.39 is 0 Å². The summed E-state index contributed by atoms with van der Waals surface area (Å²) in [7, 11) is 3.70. The molecule has 0 aromatic carbocycles. The molecule has 0 bridgehead atoms. The van der Waals surface area contributed by atoms with Crippen molar-refractivity contribution in [2.75, 3.05) is 12.4 Å². The summed E-state index contributed by atoms with van der Waals surface area (Å²) in [5.74, 6) is 0.792. The lowest BCUT2D eigenvalue weighted by Gasteiger charge is -1.99. The maximum Gasteiger partial charge on any atom is 0.129 e. The van der Waals surface area contributed by atoms with Gasteiger partial charge < -0.3 is 5.32 Å². The van der Waals surface area contributed by atoms with Crippen molar-refractivity contribution in [1.29, 1.82) is 0 Å². The molecule has 14 heavy (non-hydrogen) atoms. The van der Waals surface area contributed by atoms with E-state index >= 15 is 0 Å². The van der Waals surface area contributed by atoms with E-state index in [-0.39, 0.29) is 0 Å². The quantitative estimate of drug-likeness (QED) is 0.763. The number of hydrogen-bond acceptors (Lipinski definition) is 4. The van der Waals surface area contributed by atoms with Gasteiger partial charge in [-0.3, -0.25) is 4.68 Å². The SMILES string of the molecule is CNc1cc(-c2ccn(C)n2)ncn1. The first-order chi connectivity index (χ1) is 6.79. The maximum absolute atomic E-state index is 4.25. The van der Waals surface area contributed by atoms with E-state index in [1.165, 1.54) is 6.33 Å². The largest absolute Gasteiger partial charge is 0.373 e. The molecule has 2 rings (SSSR count). The second-order valence-electron chi connectivity index (χ2n) is 2.91. The molecule has 2 heterocycles. The zero-order valence-corrected chi connectivity index (χ0v) is 8.10. The molecule has 0 aliphatic carbocycles. The Hall–Kier alpha value is -1.91. The van der Waals surface area contributed by atoms with Crippen molar-refractivity contribution in [3.63, 3.8) is 0 Å². The highest BCUT2D eigenvalue weighted by Gasteiger charge is 2.03. The molecule has 0 aliphatic heterocycles. The fourth-order valence-corrected chi connectivity index (χ4v) is 1.19. The summed E-state index contributed by atoms with van der Waals surface area (Å²) >= 11 is 0. The normalized spacial score (nSPS) is 10.1. The van der Waals surface area contributed by atoms with Gasteiger partial charge in [-0.15, -0.1) is 0 Å². The zero-order valence-electron chi connectivity index (χ0n) is 8.10. The Morgan fingerprint density at radius 3 is 2.79 bits per heavy atom. The van der Waals surface area contributed by atoms with Gasteiger partial charge in [0.15, 0.2) is 0 Å². The minimum absolute atomic E-state index is 0.792. The summed E-state index contributed by atoms with van der Waals surface area (Å²) in [6, 6.07) is 3.78. The Balaban J connectivity index is 2.41. The molecule has 2 aromatic rings. The van der Waals surface area contributed by atoms with Crippen molar-refractivity contribution in [3.8, 4) is 11.4 Å². The molecule has 0 radical (unpaired) electrons. The lowest BCUT2D eigenvalue weighted by Crippen LogP contribution is -1.95. The second kappa shape index (κ2) is 3.45. The lowest BCUT2D eigenvalue weighted by atomic mass is 10.3. The standard InChI is InChI=1S/C9H11N5/c1-10-9-5-8(11-6-12-9)7-3-4-14(2)13-7/h3-6H,1-2H3,(H,10,11,12). The van der Waals surface area contributed by atoms with Gasteiger partial charge >= 0.3 is 0 Å². The topological polar surface area (TPSA) is 55.6 Å². The van der Waals surface area contributed by atoms with Crippen molar-refractivity contribution >= 4 is 5.82 Å². The number of anilines is 1. The van der Waals surface area contributed by atoms with E-state index in [0.717, 1.165) is 17.2 Å². The van der Waals surface area contributed by atoms with Crippen LogP contribution in [0.25, 0.3) is 11.4 Å². The third kappa shape index (κ3) is 1.56. The van der Waals surface area contributed by atoms with Gasteiger partial charge in [0.05, 0.1) is 5.69 Å². The average molecular weight is 189 g/mol. The molecule has 0 aliphatic rings. The van der Waals surface area contributed by atoms with Crippen LogP contribution in [0.3, 0.4) is 0 Å². The summed E-state index contributed by atoms with van der Waals surface area (Å²) in [6.07, 6.45) is 3.41. The summed E-state index contributed by atoms with van der Waals surface area (Å²) in [4.78, 5) is 8.18. The third-order valence-corrected chi connectivity index (χ3v) is 1.90. The molecule has 0 saturated heterocycles. The van der Waals surface area contributed by atoms with Crippen LogP contribution in [0.1, 0.15) is 0 Å². The molecule has 2 aromatic heterocycles. The van der Waals surface area contributed by atoms with Crippen molar-refractivity contribution in [3.05, 3.63) is 24.7 Å². The molecule has 0 saturated carbocycles. The van der Waals surface area contributed by atoms with Crippen LogP contribution in [0, 0.1) is 0 Å². The van der Waals surface area contributed by atoms with Crippen LogP contribution < -0.4 is 5.32 Å². The molecule has 5 heteroatoms. The minimum Gasteiger partial charge on any atom is -0.373 e. The Labute approximate surface area is 81.8 Å². The van der Waals surface area contributed by atoms with Gasteiger partial charge in [0.25, 0.3) is 0 Å². The van der Waals surface area contributed by atoms with Crippen molar-refractivity contribution in [2.24, 2.45) is 7.05 Å². The predicted molar refractivity (Wildman–Crippen MR) is 53.8 cm³/mol. The van der Waals surface area contributed by atoms with Crippen molar-refractivity contribution in [1.82, 2.24) is 19.7 Å². The summed E-state index contributed by atoms with van der Waals surface area (Å²) in [5, 5.41) is 7.21. The maximum atomic E-state index is 4.25. The fraction of sp³-hybridized carbons (Fsp3) is 0.222. The van der Waals surface area contributed by atoms with E-state index in [4.69, 9.17) is 0 Å². The monoisotopic (exact) mass is 189 g/mol. The van der Waals surface area contributed by atoms with Crippen LogP contribution >= 0.6 is 0 Å². The number of rotatable bonds is 2. The van der Waals surface area contributed by atoms with Crippen molar-refractivity contribution in [2.45, 2.75) is 0 Å². The van der Waals surface area contributed by atoms with E-state index in [9.17, 15) is 0 Å². The molecule has 5 nitrogen and oxygen atoms in total. The molecule has 0 unspecified atom stereocenters. The fourth-order valence-electron chi connectivity index (χ4n) is 1.19. The smallest absolute Gasteiger partial charge is 0.129 e. The zero-order chi connectivity index (χ0) is 9.97. The predicted octanol–water partition coefficient (Wildman–Crippen LogP) is 0.919. The van der Waals surface area contributed by atoms with Gasteiger partial charge in [0.1, 0.15) is 17.8 Å². The van der Waals surface area contributed by atoms with Gasteiger partial charge in [-0.1, -0.05) is 0 Å². The third-order valence-electron chi connectivity index (χ3n) is 1.90. The highest BCUT2D eigenvalue weighted by Crippen LogP contribution is 2.15.